The zero-order valence-electron chi connectivity index (χ0n) is 13.9. The van der Waals surface area contributed by atoms with Crippen LogP contribution in [0.5, 0.6) is 5.75 Å². The number of amides is 1. The summed E-state index contributed by atoms with van der Waals surface area (Å²) < 4.78 is 5.76. The fourth-order valence-electron chi connectivity index (χ4n) is 2.63. The van der Waals surface area contributed by atoms with Crippen molar-refractivity contribution in [3.63, 3.8) is 0 Å². The predicted molar refractivity (Wildman–Crippen MR) is 97.6 cm³/mol. The van der Waals surface area contributed by atoms with E-state index in [9.17, 15) is 4.79 Å². The van der Waals surface area contributed by atoms with E-state index in [0.717, 1.165) is 53.6 Å². The summed E-state index contributed by atoms with van der Waals surface area (Å²) in [6, 6.07) is 11.6. The van der Waals surface area contributed by atoms with Crippen molar-refractivity contribution in [2.24, 2.45) is 0 Å². The molecule has 2 aromatic rings. The second-order valence-electron chi connectivity index (χ2n) is 5.88. The van der Waals surface area contributed by atoms with Crippen molar-refractivity contribution in [2.45, 2.75) is 20.0 Å². The molecule has 1 fully saturated rings. The van der Waals surface area contributed by atoms with E-state index < -0.39 is 0 Å². The van der Waals surface area contributed by atoms with Gasteiger partial charge in [0, 0.05) is 30.1 Å². The van der Waals surface area contributed by atoms with Crippen LogP contribution in [0, 0.1) is 6.92 Å². The van der Waals surface area contributed by atoms with E-state index in [0.29, 0.717) is 6.61 Å². The van der Waals surface area contributed by atoms with Gasteiger partial charge in [-0.1, -0.05) is 12.1 Å². The first-order valence-electron chi connectivity index (χ1n) is 8.24. The zero-order valence-corrected chi connectivity index (χ0v) is 14.7. The first kappa shape index (κ1) is 16.8. The Morgan fingerprint density at radius 3 is 3.00 bits per heavy atom. The van der Waals surface area contributed by atoms with Crippen molar-refractivity contribution < 1.29 is 9.53 Å². The summed E-state index contributed by atoms with van der Waals surface area (Å²) in [5, 5.41) is 0. The molecule has 2 heterocycles. The summed E-state index contributed by atoms with van der Waals surface area (Å²) in [5.74, 6) is 3.02. The Balaban J connectivity index is 1.64. The average molecular weight is 342 g/mol. The average Bonchev–Trinajstić information content (AvgIpc) is 2.90. The molecule has 4 nitrogen and oxygen atoms in total. The molecule has 0 atom stereocenters. The van der Waals surface area contributed by atoms with Crippen LogP contribution >= 0.6 is 11.8 Å². The number of pyridine rings is 1. The van der Waals surface area contributed by atoms with Gasteiger partial charge in [-0.05, 0) is 48.9 Å². The molecule has 1 aromatic carbocycles. The molecular formula is C19H22N2O2S. The highest BCUT2D eigenvalue weighted by Gasteiger charge is 2.17. The number of thioether (sulfide) groups is 1. The Morgan fingerprint density at radius 2 is 2.17 bits per heavy atom. The van der Waals surface area contributed by atoms with E-state index in [-0.39, 0.29) is 5.91 Å². The number of carbonyl (C=O) groups is 1. The Bertz CT molecular complexity index is 680. The first-order chi connectivity index (χ1) is 11.7. The van der Waals surface area contributed by atoms with Gasteiger partial charge in [-0.25, -0.2) is 0 Å². The summed E-state index contributed by atoms with van der Waals surface area (Å²) >= 11 is 1.92. The Kier molecular flexibility index (Phi) is 5.75. The molecule has 1 aliphatic heterocycles. The quantitative estimate of drug-likeness (QED) is 0.852. The Labute approximate surface area is 147 Å². The number of hydrogen-bond acceptors (Lipinski definition) is 4. The van der Waals surface area contributed by atoms with Crippen LogP contribution in [0.4, 0.5) is 0 Å². The fraction of sp³-hybridized carbons (Fsp3) is 0.368. The molecule has 0 N–H and O–H groups in total. The molecule has 0 saturated carbocycles. The van der Waals surface area contributed by atoms with E-state index in [4.69, 9.17) is 4.74 Å². The Hall–Kier alpha value is -2.01. The van der Waals surface area contributed by atoms with Crippen molar-refractivity contribution in [2.75, 3.05) is 24.6 Å². The molecule has 1 saturated heterocycles. The number of rotatable bonds is 4. The van der Waals surface area contributed by atoms with Crippen LogP contribution in [-0.4, -0.2) is 40.4 Å². The van der Waals surface area contributed by atoms with Gasteiger partial charge in [-0.2, -0.15) is 11.8 Å². The molecule has 0 radical (unpaired) electrons. The molecular weight excluding hydrogens is 320 g/mol. The maximum absolute atomic E-state index is 12.7. The standard InChI is InChI=1S/C19H22N2O2S/c1-15-6-7-18(13-20-15)23-14-16-4-2-5-17(12-16)19(22)21-8-3-10-24-11-9-21/h2,4-7,12-13H,3,8-11,14H2,1H3. The SMILES string of the molecule is Cc1ccc(OCc2cccc(C(=O)N3CCCSCC3)c2)cn1. The van der Waals surface area contributed by atoms with Gasteiger partial charge < -0.3 is 9.64 Å². The number of benzene rings is 1. The molecule has 1 amide bonds. The topological polar surface area (TPSA) is 42.4 Å². The van der Waals surface area contributed by atoms with Crippen molar-refractivity contribution in [3.05, 3.63) is 59.4 Å². The van der Waals surface area contributed by atoms with Crippen LogP contribution in [0.2, 0.25) is 0 Å². The second kappa shape index (κ2) is 8.20. The third-order valence-corrected chi connectivity index (χ3v) is 5.02. The van der Waals surface area contributed by atoms with Crippen LogP contribution in [0.25, 0.3) is 0 Å². The van der Waals surface area contributed by atoms with Gasteiger partial charge in [0.2, 0.25) is 0 Å². The van der Waals surface area contributed by atoms with Crippen molar-refractivity contribution in [1.82, 2.24) is 9.88 Å². The number of ether oxygens (including phenoxy) is 1. The summed E-state index contributed by atoms with van der Waals surface area (Å²) in [6.07, 6.45) is 2.79. The lowest BCUT2D eigenvalue weighted by Gasteiger charge is -2.20. The van der Waals surface area contributed by atoms with Gasteiger partial charge >= 0.3 is 0 Å². The van der Waals surface area contributed by atoms with E-state index in [2.05, 4.69) is 4.98 Å². The lowest BCUT2D eigenvalue weighted by molar-refractivity contribution is 0.0768. The molecule has 1 aromatic heterocycles. The zero-order chi connectivity index (χ0) is 16.8. The summed E-state index contributed by atoms with van der Waals surface area (Å²) in [6.45, 7) is 4.06. The van der Waals surface area contributed by atoms with E-state index in [1.165, 1.54) is 0 Å². The van der Waals surface area contributed by atoms with Crippen LogP contribution < -0.4 is 4.74 Å². The number of carbonyl (C=O) groups excluding carboxylic acids is 1. The third-order valence-electron chi connectivity index (χ3n) is 3.97. The van der Waals surface area contributed by atoms with E-state index >= 15 is 0 Å². The monoisotopic (exact) mass is 342 g/mol. The maximum Gasteiger partial charge on any atom is 0.253 e. The fourth-order valence-corrected chi connectivity index (χ4v) is 3.52. The number of nitrogens with zero attached hydrogens (tertiary/aromatic N) is 2. The number of aryl methyl sites for hydroxylation is 1. The highest BCUT2D eigenvalue weighted by molar-refractivity contribution is 7.99. The lowest BCUT2D eigenvalue weighted by Crippen LogP contribution is -2.32. The molecule has 126 valence electrons. The molecule has 1 aliphatic rings. The van der Waals surface area contributed by atoms with Crippen molar-refractivity contribution in [1.29, 1.82) is 0 Å². The normalized spacial score (nSPS) is 15.0. The predicted octanol–water partition coefficient (Wildman–Crippen LogP) is 3.55. The minimum absolute atomic E-state index is 0.122. The maximum atomic E-state index is 12.7. The second-order valence-corrected chi connectivity index (χ2v) is 7.11. The molecule has 3 rings (SSSR count). The van der Waals surface area contributed by atoms with Gasteiger partial charge in [0.1, 0.15) is 12.4 Å². The smallest absolute Gasteiger partial charge is 0.253 e. The third kappa shape index (κ3) is 4.51. The van der Waals surface area contributed by atoms with Gasteiger partial charge in [0.15, 0.2) is 0 Å². The van der Waals surface area contributed by atoms with Crippen LogP contribution in [0.15, 0.2) is 42.6 Å². The molecule has 24 heavy (non-hydrogen) atoms. The van der Waals surface area contributed by atoms with Gasteiger partial charge in [0.05, 0.1) is 6.20 Å². The molecule has 0 bridgehead atoms. The summed E-state index contributed by atoms with van der Waals surface area (Å²) in [7, 11) is 0. The first-order valence-corrected chi connectivity index (χ1v) is 9.39. The van der Waals surface area contributed by atoms with Gasteiger partial charge in [-0.3, -0.25) is 9.78 Å². The van der Waals surface area contributed by atoms with E-state index in [1.54, 1.807) is 6.20 Å². The van der Waals surface area contributed by atoms with Gasteiger partial charge in [0.25, 0.3) is 5.91 Å². The minimum atomic E-state index is 0.122. The largest absolute Gasteiger partial charge is 0.487 e. The highest BCUT2D eigenvalue weighted by atomic mass is 32.2. The lowest BCUT2D eigenvalue weighted by atomic mass is 10.1. The summed E-state index contributed by atoms with van der Waals surface area (Å²) in [5.41, 5.74) is 2.70. The Morgan fingerprint density at radius 1 is 1.25 bits per heavy atom. The van der Waals surface area contributed by atoms with Gasteiger partial charge in [-0.15, -0.1) is 0 Å². The minimum Gasteiger partial charge on any atom is -0.487 e. The van der Waals surface area contributed by atoms with Crippen molar-refractivity contribution in [3.8, 4) is 5.75 Å². The van der Waals surface area contributed by atoms with E-state index in [1.807, 2.05) is 60.0 Å². The molecule has 0 aliphatic carbocycles. The van der Waals surface area contributed by atoms with Crippen LogP contribution in [0.3, 0.4) is 0 Å². The summed E-state index contributed by atoms with van der Waals surface area (Å²) in [4.78, 5) is 18.9. The molecule has 5 heteroatoms. The molecule has 0 unspecified atom stereocenters. The van der Waals surface area contributed by atoms with Crippen LogP contribution in [-0.2, 0) is 6.61 Å². The molecule has 0 spiro atoms. The van der Waals surface area contributed by atoms with Crippen LogP contribution in [0.1, 0.15) is 28.0 Å². The number of aromatic nitrogens is 1. The number of hydrogen-bond donors (Lipinski definition) is 0. The highest BCUT2D eigenvalue weighted by Crippen LogP contribution is 2.16. The van der Waals surface area contributed by atoms with Crippen molar-refractivity contribution >= 4 is 17.7 Å².